The summed E-state index contributed by atoms with van der Waals surface area (Å²) in [6, 6.07) is 6.28. The molecule has 0 aliphatic heterocycles. The molecular formula is C20H16F3N5O2. The number of H-pyrrole nitrogens is 1. The van der Waals surface area contributed by atoms with E-state index < -0.39 is 34.5 Å². The zero-order valence-electron chi connectivity index (χ0n) is 15.4. The number of pyridine rings is 2. The molecule has 3 rings (SSSR count). The van der Waals surface area contributed by atoms with Crippen LogP contribution in [0, 0.1) is 10.8 Å². The minimum Gasteiger partial charge on any atom is -0.350 e. The number of nitrogens with zero attached hydrogens (tertiary/aromatic N) is 1. The minimum atomic E-state index is -4.82. The topological polar surface area (TPSA) is 123 Å². The zero-order chi connectivity index (χ0) is 21.9. The number of amides is 1. The minimum absolute atomic E-state index is 0.0147. The smallest absolute Gasteiger partial charge is 0.350 e. The van der Waals surface area contributed by atoms with E-state index in [-0.39, 0.29) is 23.2 Å². The van der Waals surface area contributed by atoms with Crippen molar-refractivity contribution in [1.82, 2.24) is 15.3 Å². The van der Waals surface area contributed by atoms with Crippen LogP contribution in [0.5, 0.6) is 0 Å². The molecule has 0 unspecified atom stereocenters. The van der Waals surface area contributed by atoms with Crippen LogP contribution in [-0.4, -0.2) is 28.3 Å². The number of hydrogen-bond donors (Lipinski definition) is 4. The molecule has 30 heavy (non-hydrogen) atoms. The molecule has 0 saturated heterocycles. The maximum atomic E-state index is 13.7. The van der Waals surface area contributed by atoms with Crippen molar-refractivity contribution in [3.8, 4) is 0 Å². The van der Waals surface area contributed by atoms with E-state index in [9.17, 15) is 22.8 Å². The number of aromatic amines is 1. The Morgan fingerprint density at radius 3 is 2.57 bits per heavy atom. The van der Waals surface area contributed by atoms with Gasteiger partial charge in [-0.05, 0) is 29.3 Å². The van der Waals surface area contributed by atoms with E-state index in [1.54, 1.807) is 18.3 Å². The monoisotopic (exact) mass is 415 g/mol. The summed E-state index contributed by atoms with van der Waals surface area (Å²) in [5.74, 6) is -1.75. The number of nitrogens with one attached hydrogen (secondary N) is 4. The molecule has 1 amide bonds. The molecule has 0 radical (unpaired) electrons. The van der Waals surface area contributed by atoms with Gasteiger partial charge in [0.25, 0.3) is 5.91 Å². The Hall–Kier alpha value is -3.82. The van der Waals surface area contributed by atoms with Crippen molar-refractivity contribution in [1.29, 1.82) is 10.8 Å². The lowest BCUT2D eigenvalue weighted by molar-refractivity contribution is -0.136. The second-order valence-corrected chi connectivity index (χ2v) is 6.44. The van der Waals surface area contributed by atoms with Crippen molar-refractivity contribution in [3.05, 3.63) is 75.3 Å². The van der Waals surface area contributed by atoms with Gasteiger partial charge in [-0.15, -0.1) is 0 Å². The van der Waals surface area contributed by atoms with Crippen LogP contribution in [0.4, 0.5) is 13.2 Å². The fourth-order valence-corrected chi connectivity index (χ4v) is 2.93. The van der Waals surface area contributed by atoms with Gasteiger partial charge in [-0.25, -0.2) is 0 Å². The zero-order valence-corrected chi connectivity index (χ0v) is 15.4. The SMILES string of the molecule is N=CC(C=N)c1cc(C(F)(F)F)c2[nH]c(C(=O)NCc3cccnc3)cc(=O)c2c1. The summed E-state index contributed by atoms with van der Waals surface area (Å²) < 4.78 is 41.0. The van der Waals surface area contributed by atoms with Crippen LogP contribution in [0.25, 0.3) is 10.9 Å². The molecular weight excluding hydrogens is 399 g/mol. The first kappa shape index (κ1) is 20.9. The number of fused-ring (bicyclic) bond motifs is 1. The highest BCUT2D eigenvalue weighted by atomic mass is 19.4. The number of aromatic nitrogens is 2. The van der Waals surface area contributed by atoms with Crippen molar-refractivity contribution in [3.63, 3.8) is 0 Å². The molecule has 0 spiro atoms. The molecule has 1 aromatic carbocycles. The van der Waals surface area contributed by atoms with E-state index in [1.807, 2.05) is 0 Å². The van der Waals surface area contributed by atoms with Crippen molar-refractivity contribution in [2.45, 2.75) is 18.6 Å². The highest BCUT2D eigenvalue weighted by molar-refractivity contribution is 5.96. The molecule has 0 aliphatic carbocycles. The lowest BCUT2D eigenvalue weighted by Crippen LogP contribution is -2.26. The van der Waals surface area contributed by atoms with Crippen LogP contribution < -0.4 is 10.7 Å². The summed E-state index contributed by atoms with van der Waals surface area (Å²) in [5.41, 5.74) is -2.11. The molecule has 154 valence electrons. The molecule has 0 atom stereocenters. The molecule has 7 nitrogen and oxygen atoms in total. The van der Waals surface area contributed by atoms with Crippen LogP contribution in [0.1, 0.15) is 33.1 Å². The molecule has 3 aromatic rings. The third-order valence-electron chi connectivity index (χ3n) is 4.43. The quantitative estimate of drug-likeness (QED) is 0.462. The van der Waals surface area contributed by atoms with E-state index in [4.69, 9.17) is 10.8 Å². The van der Waals surface area contributed by atoms with E-state index in [2.05, 4.69) is 15.3 Å². The van der Waals surface area contributed by atoms with Crippen LogP contribution in [0.15, 0.2) is 47.5 Å². The van der Waals surface area contributed by atoms with Crippen molar-refractivity contribution < 1.29 is 18.0 Å². The van der Waals surface area contributed by atoms with Gasteiger partial charge >= 0.3 is 6.18 Å². The molecule has 10 heteroatoms. The lowest BCUT2D eigenvalue weighted by Gasteiger charge is -2.15. The Morgan fingerprint density at radius 2 is 1.97 bits per heavy atom. The van der Waals surface area contributed by atoms with Crippen LogP contribution in [0.2, 0.25) is 0 Å². The third-order valence-corrected chi connectivity index (χ3v) is 4.43. The average Bonchev–Trinajstić information content (AvgIpc) is 2.72. The fourth-order valence-electron chi connectivity index (χ4n) is 2.93. The van der Waals surface area contributed by atoms with Gasteiger partial charge in [0.15, 0.2) is 5.43 Å². The molecule has 2 aromatic heterocycles. The van der Waals surface area contributed by atoms with Gasteiger partial charge < -0.3 is 21.1 Å². The predicted octanol–water partition coefficient (Wildman–Crippen LogP) is 3.25. The van der Waals surface area contributed by atoms with E-state index in [1.165, 1.54) is 12.3 Å². The molecule has 0 bridgehead atoms. The number of carbonyl (C=O) groups is 1. The highest BCUT2D eigenvalue weighted by Crippen LogP contribution is 2.35. The number of rotatable bonds is 6. The van der Waals surface area contributed by atoms with Crippen LogP contribution >= 0.6 is 0 Å². The second-order valence-electron chi connectivity index (χ2n) is 6.44. The summed E-state index contributed by atoms with van der Waals surface area (Å²) in [5, 5.41) is 16.8. The maximum absolute atomic E-state index is 13.7. The first-order valence-corrected chi connectivity index (χ1v) is 8.71. The third kappa shape index (κ3) is 4.27. The Morgan fingerprint density at radius 1 is 1.23 bits per heavy atom. The summed E-state index contributed by atoms with van der Waals surface area (Å²) >= 11 is 0. The number of alkyl halides is 3. The first-order valence-electron chi connectivity index (χ1n) is 8.71. The summed E-state index contributed by atoms with van der Waals surface area (Å²) in [6.07, 6.45) is -0.126. The molecule has 2 heterocycles. The molecule has 4 N–H and O–H groups in total. The summed E-state index contributed by atoms with van der Waals surface area (Å²) in [6.45, 7) is 0.0815. The van der Waals surface area contributed by atoms with E-state index in [0.29, 0.717) is 5.56 Å². The number of benzene rings is 1. The van der Waals surface area contributed by atoms with Crippen molar-refractivity contribution in [2.24, 2.45) is 0 Å². The number of hydrogen-bond acceptors (Lipinski definition) is 5. The summed E-state index contributed by atoms with van der Waals surface area (Å²) in [4.78, 5) is 31.2. The Labute approximate surface area is 168 Å². The standard InChI is InChI=1S/C20H16F3N5O2/c21-20(22,23)15-5-12(13(7-24)8-25)4-14-17(29)6-16(28-18(14)15)19(30)27-10-11-2-1-3-26-9-11/h1-9,13,24-25H,10H2,(H,27,30)(H,28,29). The van der Waals surface area contributed by atoms with Gasteiger partial charge in [-0.3, -0.25) is 14.6 Å². The number of carbonyl (C=O) groups excluding carboxylic acids is 1. The molecule has 0 fully saturated rings. The largest absolute Gasteiger partial charge is 0.418 e. The van der Waals surface area contributed by atoms with Gasteiger partial charge in [-0.1, -0.05) is 6.07 Å². The normalized spacial score (nSPS) is 12.4. The van der Waals surface area contributed by atoms with Crippen molar-refractivity contribution >= 4 is 29.2 Å². The van der Waals surface area contributed by atoms with Gasteiger partial charge in [0.1, 0.15) is 5.69 Å². The van der Waals surface area contributed by atoms with Crippen LogP contribution in [-0.2, 0) is 12.7 Å². The van der Waals surface area contributed by atoms with Crippen molar-refractivity contribution in [2.75, 3.05) is 0 Å². The van der Waals surface area contributed by atoms with Crippen LogP contribution in [0.3, 0.4) is 0 Å². The Balaban J connectivity index is 2.08. The predicted molar refractivity (Wildman–Crippen MR) is 105 cm³/mol. The van der Waals surface area contributed by atoms with E-state index in [0.717, 1.165) is 24.6 Å². The first-order chi connectivity index (χ1) is 14.2. The Kier molecular flexibility index (Phi) is 5.77. The fraction of sp³-hybridized carbons (Fsp3) is 0.150. The number of halogens is 3. The van der Waals surface area contributed by atoms with Gasteiger partial charge in [0, 0.05) is 42.8 Å². The molecule has 0 saturated carbocycles. The van der Waals surface area contributed by atoms with Gasteiger partial charge in [0.05, 0.1) is 17.0 Å². The van der Waals surface area contributed by atoms with E-state index >= 15 is 0 Å². The second kappa shape index (κ2) is 8.27. The highest BCUT2D eigenvalue weighted by Gasteiger charge is 2.34. The average molecular weight is 415 g/mol. The summed E-state index contributed by atoms with van der Waals surface area (Å²) in [7, 11) is 0. The Bertz CT molecular complexity index is 1160. The molecule has 0 aliphatic rings. The van der Waals surface area contributed by atoms with Gasteiger partial charge in [-0.2, -0.15) is 13.2 Å². The maximum Gasteiger partial charge on any atom is 0.418 e. The van der Waals surface area contributed by atoms with Gasteiger partial charge in [0.2, 0.25) is 0 Å². The lowest BCUT2D eigenvalue weighted by atomic mass is 9.95.